The summed E-state index contributed by atoms with van der Waals surface area (Å²) in [6, 6.07) is 48.9. The van der Waals surface area contributed by atoms with Gasteiger partial charge in [0.15, 0.2) is 0 Å². The van der Waals surface area contributed by atoms with Crippen molar-refractivity contribution in [3.63, 3.8) is 0 Å². The van der Waals surface area contributed by atoms with Crippen molar-refractivity contribution in [1.29, 1.82) is 5.26 Å². The molecule has 266 valence electrons. The Morgan fingerprint density at radius 1 is 0.554 bits per heavy atom. The van der Waals surface area contributed by atoms with Gasteiger partial charge in [-0.2, -0.15) is 5.26 Å². The van der Waals surface area contributed by atoms with Crippen LogP contribution in [0.25, 0.3) is 97.0 Å². The second-order valence-electron chi connectivity index (χ2n) is 13.4. The molecule has 0 amide bonds. The molecule has 0 saturated heterocycles. The SMILES string of the molecule is COC(=O)/C(C#N)=C/c1cc2[nH]c1c(-c1ccccc1)c1nc(c(-c3ccccc3)c3ccc([nH]3)c(-c3ccccc3)c3nc(c2-c2ccccc2)C=C3)C=C1. The van der Waals surface area contributed by atoms with Crippen molar-refractivity contribution in [2.75, 3.05) is 7.11 Å². The molecule has 4 aromatic carbocycles. The predicted molar refractivity (Wildman–Crippen MR) is 226 cm³/mol. The van der Waals surface area contributed by atoms with E-state index in [-0.39, 0.29) is 5.57 Å². The van der Waals surface area contributed by atoms with Crippen LogP contribution in [0.3, 0.4) is 0 Å². The monoisotopic (exact) mass is 723 g/mol. The van der Waals surface area contributed by atoms with Gasteiger partial charge >= 0.3 is 5.97 Å². The Hall–Kier alpha value is -7.82. The van der Waals surface area contributed by atoms with Gasteiger partial charge in [0.1, 0.15) is 11.6 Å². The Labute approximate surface area is 323 Å². The highest BCUT2D eigenvalue weighted by Crippen LogP contribution is 2.39. The number of carbonyl (C=O) groups excluding carboxylic acids is 1. The summed E-state index contributed by atoms with van der Waals surface area (Å²) in [6.45, 7) is 0. The van der Waals surface area contributed by atoms with Crippen LogP contribution in [0.2, 0.25) is 0 Å². The van der Waals surface area contributed by atoms with Gasteiger partial charge in [0.25, 0.3) is 0 Å². The minimum atomic E-state index is -0.722. The van der Waals surface area contributed by atoms with Crippen molar-refractivity contribution < 1.29 is 9.53 Å². The lowest BCUT2D eigenvalue weighted by atomic mass is 10.0. The molecule has 0 unspecified atom stereocenters. The number of nitrogens with one attached hydrogen (secondary N) is 2. The molecule has 8 bridgehead atoms. The van der Waals surface area contributed by atoms with E-state index in [0.717, 1.165) is 78.1 Å². The number of methoxy groups -OCH3 is 1. The largest absolute Gasteiger partial charge is 0.465 e. The fourth-order valence-corrected chi connectivity index (χ4v) is 7.46. The molecule has 3 aromatic heterocycles. The second-order valence-corrected chi connectivity index (χ2v) is 13.4. The number of hydrogen-bond donors (Lipinski definition) is 2. The Bertz CT molecular complexity index is 2950. The first-order chi connectivity index (χ1) is 27.6. The zero-order chi connectivity index (χ0) is 38.0. The molecule has 56 heavy (non-hydrogen) atoms. The maximum atomic E-state index is 12.9. The quantitative estimate of drug-likeness (QED) is 0.101. The molecule has 7 nitrogen and oxygen atoms in total. The van der Waals surface area contributed by atoms with Crippen LogP contribution in [0.4, 0.5) is 0 Å². The molecule has 0 atom stereocenters. The summed E-state index contributed by atoms with van der Waals surface area (Å²) in [4.78, 5) is 31.1. The van der Waals surface area contributed by atoms with Crippen LogP contribution in [-0.4, -0.2) is 33.0 Å². The fraction of sp³-hybridized carbons (Fsp3) is 0.0204. The van der Waals surface area contributed by atoms with Crippen LogP contribution in [-0.2, 0) is 9.53 Å². The van der Waals surface area contributed by atoms with Crippen molar-refractivity contribution in [1.82, 2.24) is 19.9 Å². The molecular weight excluding hydrogens is 691 g/mol. The molecule has 2 N–H and O–H groups in total. The zero-order valence-corrected chi connectivity index (χ0v) is 30.3. The number of aromatic amines is 2. The lowest BCUT2D eigenvalue weighted by molar-refractivity contribution is -0.135. The Morgan fingerprint density at radius 3 is 1.36 bits per heavy atom. The Balaban J connectivity index is 1.53. The van der Waals surface area contributed by atoms with Gasteiger partial charge in [-0.3, -0.25) is 0 Å². The van der Waals surface area contributed by atoms with E-state index >= 15 is 0 Å². The van der Waals surface area contributed by atoms with Crippen molar-refractivity contribution in [3.05, 3.63) is 173 Å². The number of carbonyl (C=O) groups is 1. The molecular formula is C49H33N5O2. The summed E-state index contributed by atoms with van der Waals surface area (Å²) in [7, 11) is 1.27. The summed E-state index contributed by atoms with van der Waals surface area (Å²) >= 11 is 0. The van der Waals surface area contributed by atoms with Gasteiger partial charge in [0.05, 0.1) is 35.4 Å². The minimum Gasteiger partial charge on any atom is -0.465 e. The van der Waals surface area contributed by atoms with Crippen molar-refractivity contribution in [3.8, 4) is 50.6 Å². The first-order valence-corrected chi connectivity index (χ1v) is 18.2. The first kappa shape index (κ1) is 34.0. The topological polar surface area (TPSA) is 107 Å². The van der Waals surface area contributed by atoms with E-state index in [1.165, 1.54) is 7.11 Å². The summed E-state index contributed by atoms with van der Waals surface area (Å²) < 4.78 is 5.02. The van der Waals surface area contributed by atoms with Gasteiger partial charge < -0.3 is 14.7 Å². The van der Waals surface area contributed by atoms with Gasteiger partial charge in [0.2, 0.25) is 0 Å². The first-order valence-electron chi connectivity index (χ1n) is 18.2. The number of nitriles is 1. The number of benzene rings is 4. The van der Waals surface area contributed by atoms with Crippen molar-refractivity contribution in [2.24, 2.45) is 0 Å². The molecule has 2 aliphatic rings. The maximum absolute atomic E-state index is 12.9. The number of nitrogens with zero attached hydrogens (tertiary/aromatic N) is 3. The van der Waals surface area contributed by atoms with E-state index < -0.39 is 5.97 Å². The highest BCUT2D eigenvalue weighted by molar-refractivity contribution is 6.05. The highest BCUT2D eigenvalue weighted by Gasteiger charge is 2.21. The molecule has 2 aliphatic heterocycles. The third kappa shape index (κ3) is 6.21. The molecule has 0 radical (unpaired) electrons. The molecule has 0 spiro atoms. The van der Waals surface area contributed by atoms with E-state index in [9.17, 15) is 10.1 Å². The van der Waals surface area contributed by atoms with Crippen LogP contribution >= 0.6 is 0 Å². The molecule has 5 heterocycles. The highest BCUT2D eigenvalue weighted by atomic mass is 16.5. The van der Waals surface area contributed by atoms with E-state index in [2.05, 4.69) is 70.6 Å². The third-order valence-electron chi connectivity index (χ3n) is 9.97. The average molecular weight is 724 g/mol. The number of hydrogen-bond acceptors (Lipinski definition) is 5. The van der Waals surface area contributed by atoms with Gasteiger partial charge in [-0.05, 0) is 70.8 Å². The van der Waals surface area contributed by atoms with Crippen LogP contribution in [0.15, 0.2) is 145 Å². The number of fused-ring (bicyclic) bond motifs is 8. The lowest BCUT2D eigenvalue weighted by Gasteiger charge is -2.07. The summed E-state index contributed by atoms with van der Waals surface area (Å²) in [6.07, 6.45) is 9.75. The molecule has 9 rings (SSSR count). The van der Waals surface area contributed by atoms with Crippen molar-refractivity contribution in [2.45, 2.75) is 0 Å². The van der Waals surface area contributed by atoms with E-state index in [4.69, 9.17) is 14.7 Å². The predicted octanol–water partition coefficient (Wildman–Crippen LogP) is 11.4. The number of aromatic nitrogens is 4. The van der Waals surface area contributed by atoms with Crippen LogP contribution in [0.5, 0.6) is 0 Å². The summed E-state index contributed by atoms with van der Waals surface area (Å²) in [5.41, 5.74) is 14.2. The van der Waals surface area contributed by atoms with Crippen molar-refractivity contribution >= 4 is 58.4 Å². The normalized spacial score (nSPS) is 12.0. The van der Waals surface area contributed by atoms with E-state index in [1.54, 1.807) is 6.08 Å². The van der Waals surface area contributed by atoms with Gasteiger partial charge in [0, 0.05) is 44.4 Å². The van der Waals surface area contributed by atoms with E-state index in [1.807, 2.05) is 109 Å². The van der Waals surface area contributed by atoms with Gasteiger partial charge in [-0.25, -0.2) is 14.8 Å². The Morgan fingerprint density at radius 2 is 0.946 bits per heavy atom. The number of ether oxygens (including phenoxy) is 1. The molecule has 7 heteroatoms. The maximum Gasteiger partial charge on any atom is 0.348 e. The Kier molecular flexibility index (Phi) is 8.82. The third-order valence-corrected chi connectivity index (χ3v) is 9.97. The molecule has 0 aliphatic carbocycles. The zero-order valence-electron chi connectivity index (χ0n) is 30.3. The molecule has 0 saturated carbocycles. The summed E-state index contributed by atoms with van der Waals surface area (Å²) in [5.74, 6) is -0.722. The fourth-order valence-electron chi connectivity index (χ4n) is 7.46. The number of esters is 1. The van der Waals surface area contributed by atoms with E-state index in [0.29, 0.717) is 16.8 Å². The lowest BCUT2D eigenvalue weighted by Crippen LogP contribution is -2.02. The smallest absolute Gasteiger partial charge is 0.348 e. The molecule has 0 fully saturated rings. The average Bonchev–Trinajstić information content (AvgIpc) is 4.09. The number of H-pyrrole nitrogens is 2. The summed E-state index contributed by atoms with van der Waals surface area (Å²) in [5, 5.41) is 10.1. The second kappa shape index (κ2) is 14.5. The van der Waals surface area contributed by atoms with Crippen LogP contribution in [0.1, 0.15) is 28.3 Å². The number of rotatable bonds is 6. The van der Waals surface area contributed by atoms with Gasteiger partial charge in [-0.15, -0.1) is 0 Å². The van der Waals surface area contributed by atoms with Crippen LogP contribution < -0.4 is 0 Å². The van der Waals surface area contributed by atoms with Crippen LogP contribution in [0, 0.1) is 11.3 Å². The minimum absolute atomic E-state index is 0.132. The van der Waals surface area contributed by atoms with Gasteiger partial charge in [-0.1, -0.05) is 121 Å². The standard InChI is InChI=1S/C49H33N5O2/c1-56-49(55)36(30-50)28-35-29-43-46(33-18-10-4-11-19-33)41-25-24-39(52-41)44(31-14-6-2-7-15-31)37-22-23-38(51-37)45(32-16-8-3-9-17-32)40-26-27-42(53-40)47(48(35)54-43)34-20-12-5-13-21-34/h2-29,51,54H,1H3/b36-28+,44-37?,44-39?,45-38?,45-40?,46-41?,46-43?,47-42?,48-47?. The molecule has 7 aromatic rings.